The number of amides is 1. The number of hydrogen-bond donors (Lipinski definition) is 1. The zero-order chi connectivity index (χ0) is 16.5. The maximum absolute atomic E-state index is 12.8. The molecule has 1 aromatic carbocycles. The summed E-state index contributed by atoms with van der Waals surface area (Å²) in [7, 11) is 1.67. The predicted molar refractivity (Wildman–Crippen MR) is 96.9 cm³/mol. The molecule has 2 aliphatic rings. The highest BCUT2D eigenvalue weighted by Crippen LogP contribution is 2.41. The monoisotopic (exact) mass is 341 g/mol. The van der Waals surface area contributed by atoms with Crippen molar-refractivity contribution in [2.75, 3.05) is 7.11 Å². The van der Waals surface area contributed by atoms with Crippen LogP contribution in [0, 0.1) is 5.92 Å². The van der Waals surface area contributed by atoms with E-state index in [1.165, 1.54) is 41.7 Å². The molecule has 0 bridgehead atoms. The summed E-state index contributed by atoms with van der Waals surface area (Å²) in [4.78, 5) is 15.1. The summed E-state index contributed by atoms with van der Waals surface area (Å²) < 4.78 is 5.24. The van der Waals surface area contributed by atoms with Gasteiger partial charge in [0.1, 0.15) is 5.75 Å². The van der Waals surface area contributed by atoms with Crippen LogP contribution in [0.1, 0.15) is 57.4 Å². The van der Waals surface area contributed by atoms with Crippen LogP contribution in [-0.4, -0.2) is 13.0 Å². The van der Waals surface area contributed by atoms with Gasteiger partial charge in [0, 0.05) is 4.88 Å². The van der Waals surface area contributed by atoms with E-state index in [0.717, 1.165) is 23.5 Å². The molecule has 0 spiro atoms. The number of rotatable bonds is 5. The molecule has 1 saturated carbocycles. The summed E-state index contributed by atoms with van der Waals surface area (Å²) >= 11 is 1.69. The molecule has 1 heterocycles. The third kappa shape index (κ3) is 3.20. The van der Waals surface area contributed by atoms with Crippen LogP contribution in [0.5, 0.6) is 5.75 Å². The van der Waals surface area contributed by atoms with Crippen molar-refractivity contribution in [1.29, 1.82) is 0 Å². The highest BCUT2D eigenvalue weighted by atomic mass is 32.1. The molecule has 1 amide bonds. The molecule has 0 saturated heterocycles. The van der Waals surface area contributed by atoms with Gasteiger partial charge in [-0.2, -0.15) is 0 Å². The van der Waals surface area contributed by atoms with Crippen molar-refractivity contribution in [3.8, 4) is 5.75 Å². The van der Waals surface area contributed by atoms with Gasteiger partial charge in [-0.25, -0.2) is 0 Å². The molecule has 4 heteroatoms. The molecule has 0 aliphatic heterocycles. The smallest absolute Gasteiger partial charge is 0.261 e. The number of hydrogen-bond acceptors (Lipinski definition) is 3. The van der Waals surface area contributed by atoms with Crippen molar-refractivity contribution in [2.24, 2.45) is 5.92 Å². The number of aryl methyl sites for hydroxylation is 2. The second-order valence-electron chi connectivity index (χ2n) is 6.83. The Morgan fingerprint density at radius 1 is 1.21 bits per heavy atom. The van der Waals surface area contributed by atoms with Crippen molar-refractivity contribution in [3.05, 3.63) is 51.2 Å². The van der Waals surface area contributed by atoms with Gasteiger partial charge in [-0.3, -0.25) is 4.79 Å². The number of carbonyl (C=O) groups is 1. The van der Waals surface area contributed by atoms with Crippen LogP contribution in [0.2, 0.25) is 0 Å². The second-order valence-corrected chi connectivity index (χ2v) is 7.96. The predicted octanol–water partition coefficient (Wildman–Crippen LogP) is 4.52. The molecular formula is C20H23NO2S. The summed E-state index contributed by atoms with van der Waals surface area (Å²) in [6.07, 6.45) is 7.16. The number of nitrogens with one attached hydrogen (secondary N) is 1. The summed E-state index contributed by atoms with van der Waals surface area (Å²) in [6, 6.07) is 10.3. The van der Waals surface area contributed by atoms with E-state index in [9.17, 15) is 4.79 Å². The van der Waals surface area contributed by atoms with E-state index >= 15 is 0 Å². The number of methoxy groups -OCH3 is 1. The first kappa shape index (κ1) is 15.7. The highest BCUT2D eigenvalue weighted by Gasteiger charge is 2.34. The Kier molecular flexibility index (Phi) is 4.31. The van der Waals surface area contributed by atoms with E-state index in [1.54, 1.807) is 18.4 Å². The van der Waals surface area contributed by atoms with Crippen LogP contribution in [0.3, 0.4) is 0 Å². The Hall–Kier alpha value is -1.81. The summed E-state index contributed by atoms with van der Waals surface area (Å²) in [5.41, 5.74) is 2.57. The van der Waals surface area contributed by atoms with Crippen molar-refractivity contribution < 1.29 is 9.53 Å². The molecule has 1 N–H and O–H groups in total. The summed E-state index contributed by atoms with van der Waals surface area (Å²) in [5, 5.41) is 3.29. The van der Waals surface area contributed by atoms with Crippen molar-refractivity contribution in [2.45, 2.75) is 44.6 Å². The number of carbonyl (C=O) groups excluding carboxylic acids is 1. The molecule has 0 radical (unpaired) electrons. The van der Waals surface area contributed by atoms with Gasteiger partial charge in [-0.05, 0) is 73.8 Å². The Balaban J connectivity index is 1.52. The lowest BCUT2D eigenvalue weighted by Gasteiger charge is -2.18. The van der Waals surface area contributed by atoms with Crippen LogP contribution in [0.4, 0.5) is 0 Å². The number of thiophene rings is 1. The molecule has 24 heavy (non-hydrogen) atoms. The van der Waals surface area contributed by atoms with Gasteiger partial charge in [0.15, 0.2) is 0 Å². The quantitative estimate of drug-likeness (QED) is 0.868. The molecule has 126 valence electrons. The molecule has 2 aromatic rings. The zero-order valence-electron chi connectivity index (χ0n) is 14.0. The normalized spacial score (nSPS) is 17.9. The topological polar surface area (TPSA) is 38.3 Å². The van der Waals surface area contributed by atoms with E-state index in [1.807, 2.05) is 12.1 Å². The Labute approximate surface area is 147 Å². The number of benzene rings is 1. The fourth-order valence-corrected chi connectivity index (χ4v) is 4.69. The van der Waals surface area contributed by atoms with Gasteiger partial charge in [-0.1, -0.05) is 12.1 Å². The first-order chi connectivity index (χ1) is 11.7. The van der Waals surface area contributed by atoms with Crippen LogP contribution < -0.4 is 10.1 Å². The molecule has 2 aliphatic carbocycles. The maximum atomic E-state index is 12.8. The van der Waals surface area contributed by atoms with Gasteiger partial charge in [0.2, 0.25) is 0 Å². The van der Waals surface area contributed by atoms with Gasteiger partial charge >= 0.3 is 0 Å². The average Bonchev–Trinajstić information content (AvgIpc) is 3.37. The van der Waals surface area contributed by atoms with Gasteiger partial charge < -0.3 is 10.1 Å². The average molecular weight is 341 g/mol. The third-order valence-electron chi connectivity index (χ3n) is 5.08. The van der Waals surface area contributed by atoms with Gasteiger partial charge in [-0.15, -0.1) is 11.3 Å². The molecule has 4 rings (SSSR count). The Morgan fingerprint density at radius 2 is 1.96 bits per heavy atom. The third-order valence-corrected chi connectivity index (χ3v) is 6.31. The first-order valence-electron chi connectivity index (χ1n) is 8.81. The lowest BCUT2D eigenvalue weighted by atomic mass is 9.99. The fourth-order valence-electron chi connectivity index (χ4n) is 3.53. The molecule has 1 fully saturated rings. The number of fused-ring (bicyclic) bond motifs is 1. The first-order valence-corrected chi connectivity index (χ1v) is 9.62. The van der Waals surface area contributed by atoms with Crippen LogP contribution in [0.15, 0.2) is 30.3 Å². The zero-order valence-corrected chi connectivity index (χ0v) is 14.8. The largest absolute Gasteiger partial charge is 0.497 e. The number of ether oxygens (including phenoxy) is 1. The van der Waals surface area contributed by atoms with E-state index in [4.69, 9.17) is 4.74 Å². The second kappa shape index (κ2) is 6.60. The lowest BCUT2D eigenvalue weighted by molar-refractivity contribution is 0.0935. The van der Waals surface area contributed by atoms with Gasteiger partial charge in [0.25, 0.3) is 5.91 Å². The van der Waals surface area contributed by atoms with E-state index in [0.29, 0.717) is 5.92 Å². The minimum Gasteiger partial charge on any atom is -0.497 e. The van der Waals surface area contributed by atoms with Crippen molar-refractivity contribution in [3.63, 3.8) is 0 Å². The highest BCUT2D eigenvalue weighted by molar-refractivity contribution is 7.14. The van der Waals surface area contributed by atoms with Crippen LogP contribution in [0.25, 0.3) is 0 Å². The standard InChI is InChI=1S/C20H23NO2S/c1-23-16-10-8-14(9-11-16)19(13-6-7-13)21-20(22)18-12-15-4-2-3-5-17(15)24-18/h8-13,19H,2-7H2,1H3,(H,21,22). The Bertz CT molecular complexity index is 707. The molecule has 1 unspecified atom stereocenters. The molecule has 1 aromatic heterocycles. The minimum absolute atomic E-state index is 0.0853. The van der Waals surface area contributed by atoms with Crippen LogP contribution >= 0.6 is 11.3 Å². The molecule has 1 atom stereocenters. The Morgan fingerprint density at radius 3 is 2.62 bits per heavy atom. The van der Waals surface area contributed by atoms with Crippen LogP contribution in [-0.2, 0) is 12.8 Å². The SMILES string of the molecule is COc1ccc(C(NC(=O)c2cc3c(s2)CCCC3)C2CC2)cc1. The van der Waals surface area contributed by atoms with E-state index < -0.39 is 0 Å². The minimum atomic E-state index is 0.0853. The van der Waals surface area contributed by atoms with E-state index in [-0.39, 0.29) is 11.9 Å². The molecular weight excluding hydrogens is 318 g/mol. The fraction of sp³-hybridized carbons (Fsp3) is 0.450. The maximum Gasteiger partial charge on any atom is 0.261 e. The molecule has 3 nitrogen and oxygen atoms in total. The van der Waals surface area contributed by atoms with Crippen molar-refractivity contribution >= 4 is 17.2 Å². The van der Waals surface area contributed by atoms with E-state index in [2.05, 4.69) is 23.5 Å². The summed E-state index contributed by atoms with van der Waals surface area (Å²) in [5.74, 6) is 1.50. The van der Waals surface area contributed by atoms with Crippen molar-refractivity contribution in [1.82, 2.24) is 5.32 Å². The lowest BCUT2D eigenvalue weighted by Crippen LogP contribution is -2.29. The van der Waals surface area contributed by atoms with Gasteiger partial charge in [0.05, 0.1) is 18.0 Å². The summed E-state index contributed by atoms with van der Waals surface area (Å²) in [6.45, 7) is 0.